The van der Waals surface area contributed by atoms with Crippen LogP contribution in [-0.2, 0) is 31.7 Å². The first kappa shape index (κ1) is 30.2. The summed E-state index contributed by atoms with van der Waals surface area (Å²) in [6, 6.07) is 23.4. The largest absolute Gasteiger partial charge is 0.497 e. The molecule has 0 aliphatic carbocycles. The number of amides is 2. The molecule has 0 aliphatic heterocycles. The lowest BCUT2D eigenvalue weighted by Gasteiger charge is -2.24. The topological polar surface area (TPSA) is 152 Å². The minimum absolute atomic E-state index is 0.0492. The molecule has 0 saturated carbocycles. The van der Waals surface area contributed by atoms with Crippen molar-refractivity contribution in [3.63, 3.8) is 0 Å². The second kappa shape index (κ2) is 12.8. The fourth-order valence-electron chi connectivity index (χ4n) is 3.98. The number of ether oxygens (including phenoxy) is 2. The van der Waals surface area contributed by atoms with E-state index in [4.69, 9.17) is 23.6 Å². The van der Waals surface area contributed by atoms with Crippen molar-refractivity contribution in [3.05, 3.63) is 108 Å². The Morgan fingerprint density at radius 2 is 0.976 bits per heavy atom. The van der Waals surface area contributed by atoms with E-state index in [1.54, 1.807) is 48.5 Å². The molecule has 13 heteroatoms. The molecule has 0 saturated heterocycles. The number of rotatable bonds is 12. The Morgan fingerprint density at radius 1 is 0.619 bits per heavy atom. The Kier molecular flexibility index (Phi) is 9.23. The van der Waals surface area contributed by atoms with Crippen LogP contribution in [0.4, 0.5) is 16.2 Å². The number of benzene rings is 4. The second-order valence-electron chi connectivity index (χ2n) is 8.88. The number of anilines is 2. The molecule has 220 valence electrons. The van der Waals surface area contributed by atoms with E-state index in [1.807, 2.05) is 0 Å². The molecule has 0 aromatic heterocycles. The molecule has 0 aliphatic rings. The summed E-state index contributed by atoms with van der Waals surface area (Å²) in [6.07, 6.45) is 0. The van der Waals surface area contributed by atoms with Crippen LogP contribution in [0.15, 0.2) is 97.1 Å². The zero-order chi connectivity index (χ0) is 30.3. The number of hydrogen-bond acceptors (Lipinski definition) is 9. The fourth-order valence-corrected chi connectivity index (χ4v) is 6.12. The van der Waals surface area contributed by atoms with E-state index >= 15 is 0 Å². The normalized spacial score (nSPS) is 11.4. The highest BCUT2D eigenvalue weighted by Gasteiger charge is 2.27. The number of carbonyl (C=O) groups excluding carboxylic acids is 1. The fraction of sp³-hybridized carbons (Fsp3) is 0.138. The van der Waals surface area contributed by atoms with Crippen molar-refractivity contribution < 1.29 is 39.5 Å². The Morgan fingerprint density at radius 3 is 1.31 bits per heavy atom. The molecule has 4 rings (SSSR count). The highest BCUT2D eigenvalue weighted by atomic mass is 32.2. The Bertz CT molecular complexity index is 1630. The van der Waals surface area contributed by atoms with Crippen LogP contribution in [0.3, 0.4) is 0 Å². The quantitative estimate of drug-likeness (QED) is 0.224. The molecule has 2 amide bonds. The first-order chi connectivity index (χ1) is 20.0. The highest BCUT2D eigenvalue weighted by molar-refractivity contribution is 7.86. The molecular weight excluding hydrogens is 584 g/mol. The van der Waals surface area contributed by atoms with E-state index in [9.17, 15) is 21.6 Å². The number of urea groups is 1. The van der Waals surface area contributed by atoms with Gasteiger partial charge in [0, 0.05) is 0 Å². The van der Waals surface area contributed by atoms with Gasteiger partial charge in [-0.25, -0.2) is 4.79 Å². The van der Waals surface area contributed by atoms with Crippen molar-refractivity contribution in [3.8, 4) is 23.0 Å². The van der Waals surface area contributed by atoms with Crippen molar-refractivity contribution in [2.75, 3.05) is 19.1 Å². The maximum Gasteiger partial charge on any atom is 0.324 e. The molecule has 0 heterocycles. The summed E-state index contributed by atoms with van der Waals surface area (Å²) in [5.74, 6) is -0.227. The van der Waals surface area contributed by atoms with Gasteiger partial charge in [0.25, 0.3) is 0 Å². The van der Waals surface area contributed by atoms with Crippen LogP contribution >= 0.6 is 0 Å². The van der Waals surface area contributed by atoms with Gasteiger partial charge in [0.15, 0.2) is 11.5 Å². The van der Waals surface area contributed by atoms with Crippen molar-refractivity contribution in [1.82, 2.24) is 0 Å². The number of nitrogens with zero attached hydrogens (tertiary/aromatic N) is 1. The maximum atomic E-state index is 13.0. The van der Waals surface area contributed by atoms with Crippen LogP contribution in [0.2, 0.25) is 0 Å². The smallest absolute Gasteiger partial charge is 0.324 e. The summed E-state index contributed by atoms with van der Waals surface area (Å²) < 4.78 is 72.9. The first-order valence-corrected chi connectivity index (χ1v) is 15.5. The summed E-state index contributed by atoms with van der Waals surface area (Å²) in [6.45, 7) is 0. The molecule has 0 atom stereocenters. The van der Waals surface area contributed by atoms with E-state index in [0.29, 0.717) is 22.6 Å². The van der Waals surface area contributed by atoms with Crippen LogP contribution in [0.5, 0.6) is 23.0 Å². The number of methoxy groups -OCH3 is 2. The van der Waals surface area contributed by atoms with Crippen LogP contribution in [-0.4, -0.2) is 37.1 Å². The van der Waals surface area contributed by atoms with Gasteiger partial charge in [0.1, 0.15) is 23.0 Å². The summed E-state index contributed by atoms with van der Waals surface area (Å²) in [5, 5.41) is 0. The van der Waals surface area contributed by atoms with Gasteiger partial charge in [-0.1, -0.05) is 48.5 Å². The molecule has 2 N–H and O–H groups in total. The number of carbonyl (C=O) groups is 1. The number of para-hydroxylation sites is 4. The lowest BCUT2D eigenvalue weighted by atomic mass is 10.2. The van der Waals surface area contributed by atoms with Crippen LogP contribution in [0, 0.1) is 0 Å². The maximum absolute atomic E-state index is 13.0. The molecule has 0 unspecified atom stereocenters. The molecular formula is C29H28N2O9S2. The summed E-state index contributed by atoms with van der Waals surface area (Å²) in [5.41, 5.74) is 6.51. The minimum atomic E-state index is -4.21. The number of primary amides is 1. The molecule has 4 aromatic carbocycles. The van der Waals surface area contributed by atoms with E-state index in [2.05, 4.69) is 0 Å². The minimum Gasteiger partial charge on any atom is -0.497 e. The van der Waals surface area contributed by atoms with Gasteiger partial charge in [-0.05, 0) is 59.7 Å². The average Bonchev–Trinajstić information content (AvgIpc) is 2.95. The van der Waals surface area contributed by atoms with E-state index in [1.165, 1.54) is 62.8 Å². The lowest BCUT2D eigenvalue weighted by molar-refractivity contribution is 0.256. The molecule has 0 bridgehead atoms. The highest BCUT2D eigenvalue weighted by Crippen LogP contribution is 2.39. The molecule has 0 fully saturated rings. The first-order valence-electron chi connectivity index (χ1n) is 12.4. The van der Waals surface area contributed by atoms with Crippen molar-refractivity contribution >= 4 is 37.6 Å². The molecule has 42 heavy (non-hydrogen) atoms. The lowest BCUT2D eigenvalue weighted by Crippen LogP contribution is -2.32. The molecule has 0 radical (unpaired) electrons. The Balaban J connectivity index is 1.63. The van der Waals surface area contributed by atoms with E-state index in [-0.39, 0.29) is 22.9 Å². The van der Waals surface area contributed by atoms with Crippen LogP contribution in [0.1, 0.15) is 11.1 Å². The van der Waals surface area contributed by atoms with Gasteiger partial charge in [0.05, 0.1) is 25.6 Å². The summed E-state index contributed by atoms with van der Waals surface area (Å²) in [7, 11) is -5.42. The average molecular weight is 613 g/mol. The van der Waals surface area contributed by atoms with Crippen molar-refractivity contribution in [2.45, 2.75) is 11.5 Å². The van der Waals surface area contributed by atoms with E-state index < -0.39 is 37.8 Å². The predicted molar refractivity (Wildman–Crippen MR) is 157 cm³/mol. The standard InChI is InChI=1S/C29H28N2O9S2/c1-37-23-15-11-21(12-16-23)19-41(33,34)39-27-9-5-3-7-25(27)31(29(30)32)26-8-4-6-10-28(26)40-42(35,36)20-22-13-17-24(38-2)18-14-22/h3-18H,19-20H2,1-2H3,(H2,30,32). The van der Waals surface area contributed by atoms with Gasteiger partial charge >= 0.3 is 26.3 Å². The summed E-state index contributed by atoms with van der Waals surface area (Å²) >= 11 is 0. The molecule has 0 spiro atoms. The predicted octanol–water partition coefficient (Wildman–Crippen LogP) is 4.74. The number of hydrogen-bond donors (Lipinski definition) is 1. The third-order valence-electron chi connectivity index (χ3n) is 5.87. The third-order valence-corrected chi connectivity index (χ3v) is 8.11. The van der Waals surface area contributed by atoms with Gasteiger partial charge in [-0.15, -0.1) is 0 Å². The zero-order valence-corrected chi connectivity index (χ0v) is 24.3. The van der Waals surface area contributed by atoms with Gasteiger partial charge < -0.3 is 23.6 Å². The van der Waals surface area contributed by atoms with Gasteiger partial charge in [-0.2, -0.15) is 16.8 Å². The molecule has 11 nitrogen and oxygen atoms in total. The Hall–Kier alpha value is -4.75. The van der Waals surface area contributed by atoms with Gasteiger partial charge in [0.2, 0.25) is 0 Å². The van der Waals surface area contributed by atoms with Gasteiger partial charge in [-0.3, -0.25) is 4.90 Å². The van der Waals surface area contributed by atoms with Crippen molar-refractivity contribution in [1.29, 1.82) is 0 Å². The monoisotopic (exact) mass is 612 g/mol. The second-order valence-corrected chi connectivity index (χ2v) is 12.0. The molecule has 4 aromatic rings. The zero-order valence-electron chi connectivity index (χ0n) is 22.7. The van der Waals surface area contributed by atoms with Crippen LogP contribution in [0.25, 0.3) is 0 Å². The number of nitrogens with two attached hydrogens (primary N) is 1. The van der Waals surface area contributed by atoms with Crippen molar-refractivity contribution in [2.24, 2.45) is 5.73 Å². The SMILES string of the molecule is COc1ccc(CS(=O)(=O)Oc2ccccc2N(C(N)=O)c2ccccc2OS(=O)(=O)Cc2ccc(OC)cc2)cc1. The Labute approximate surface area is 244 Å². The van der Waals surface area contributed by atoms with E-state index in [0.717, 1.165) is 4.90 Å². The van der Waals surface area contributed by atoms with Crippen LogP contribution < -0.4 is 28.5 Å². The summed E-state index contributed by atoms with van der Waals surface area (Å²) in [4.78, 5) is 13.7. The third kappa shape index (κ3) is 7.71.